The zero-order chi connectivity index (χ0) is 50.5. The van der Waals surface area contributed by atoms with Crippen molar-refractivity contribution in [2.75, 3.05) is 19.0 Å². The van der Waals surface area contributed by atoms with Crippen LogP contribution in [-0.2, 0) is 38.7 Å². The molecular weight excluding hydrogens is 897 g/mol. The molecule has 0 aromatic heterocycles. The average molecular weight is 999 g/mol. The van der Waals surface area contributed by atoms with Crippen LogP contribution in [-0.4, -0.2) is 96.0 Å². The van der Waals surface area contributed by atoms with Gasteiger partial charge in [-0.1, -0.05) is 224 Å². The molecule has 1 aliphatic rings. The first-order chi connectivity index (χ1) is 33.5. The highest BCUT2D eigenvalue weighted by atomic mass is 32.2. The third-order valence-corrected chi connectivity index (χ3v) is 13.7. The van der Waals surface area contributed by atoms with Gasteiger partial charge in [0.05, 0.1) is 6.61 Å². The SMILES string of the molecule is CCCCC/C=C\C/C=C\C/C=C\CCCCCCCCC(=O)OC(COC(=O)CCCCCCCCCCCCCCCCCCCCCCCC)COC1OC(CS(=O)(=O)O)C(O)C(O)C1O. The minimum Gasteiger partial charge on any atom is -0.462 e. The molecule has 1 rings (SSSR count). The van der Waals surface area contributed by atoms with Gasteiger partial charge in [-0.2, -0.15) is 8.42 Å². The van der Waals surface area contributed by atoms with E-state index >= 15 is 0 Å². The van der Waals surface area contributed by atoms with E-state index in [0.29, 0.717) is 12.8 Å². The van der Waals surface area contributed by atoms with Gasteiger partial charge in [-0.15, -0.1) is 0 Å². The molecule has 1 aliphatic heterocycles. The third kappa shape index (κ3) is 40.1. The molecule has 0 aromatic rings. The number of rotatable bonds is 48. The summed E-state index contributed by atoms with van der Waals surface area (Å²) in [6, 6.07) is 0. The summed E-state index contributed by atoms with van der Waals surface area (Å²) in [6.45, 7) is 3.77. The molecule has 0 bridgehead atoms. The third-order valence-electron chi connectivity index (χ3n) is 13.0. The molecular formula is C56H102O12S. The summed E-state index contributed by atoms with van der Waals surface area (Å²) in [5.74, 6) is -1.99. The Bertz CT molecular complexity index is 1400. The van der Waals surface area contributed by atoms with E-state index < -0.39 is 71.2 Å². The summed E-state index contributed by atoms with van der Waals surface area (Å²) in [5, 5.41) is 31.0. The van der Waals surface area contributed by atoms with Crippen molar-refractivity contribution in [2.24, 2.45) is 0 Å². The summed E-state index contributed by atoms with van der Waals surface area (Å²) in [6.07, 6.45) is 46.1. The van der Waals surface area contributed by atoms with Crippen molar-refractivity contribution in [2.45, 2.75) is 288 Å². The largest absolute Gasteiger partial charge is 0.462 e. The monoisotopic (exact) mass is 999 g/mol. The van der Waals surface area contributed by atoms with Crippen LogP contribution in [0.4, 0.5) is 0 Å². The lowest BCUT2D eigenvalue weighted by atomic mass is 10.00. The van der Waals surface area contributed by atoms with Crippen molar-refractivity contribution in [3.63, 3.8) is 0 Å². The number of hydrogen-bond donors (Lipinski definition) is 4. The number of aliphatic hydroxyl groups excluding tert-OH is 3. The van der Waals surface area contributed by atoms with Gasteiger partial charge in [-0.3, -0.25) is 14.1 Å². The number of esters is 2. The van der Waals surface area contributed by atoms with Crippen molar-refractivity contribution in [3.8, 4) is 0 Å². The lowest BCUT2D eigenvalue weighted by Crippen LogP contribution is -2.60. The first-order valence-electron chi connectivity index (χ1n) is 28.0. The second-order valence-corrected chi connectivity index (χ2v) is 21.1. The van der Waals surface area contributed by atoms with Gasteiger partial charge in [0.15, 0.2) is 12.4 Å². The van der Waals surface area contributed by atoms with Gasteiger partial charge in [0, 0.05) is 12.8 Å². The van der Waals surface area contributed by atoms with Gasteiger partial charge in [-0.05, 0) is 51.4 Å². The summed E-state index contributed by atoms with van der Waals surface area (Å²) in [7, 11) is -4.61. The maximum absolute atomic E-state index is 12.9. The Kier molecular flexibility index (Phi) is 43.0. The molecule has 69 heavy (non-hydrogen) atoms. The molecule has 0 aliphatic carbocycles. The fourth-order valence-electron chi connectivity index (χ4n) is 8.63. The van der Waals surface area contributed by atoms with Crippen molar-refractivity contribution in [1.29, 1.82) is 0 Å². The standard InChI is InChI=1S/C56H102O12S/c1-3-5-7-9-11-13-15-17-19-21-23-24-25-27-28-30-32-34-36-38-40-42-44-51(57)65-46-49(47-66-56-55(61)54(60)53(59)50(68-56)48-69(62,63)64)67-52(58)45-43-41-39-37-35-33-31-29-26-22-20-18-16-14-12-10-8-6-4-2/h12,14,18,20,26,29,49-50,53-56,59-61H,3-11,13,15-17,19,21-25,27-28,30-48H2,1-2H3,(H,62,63,64)/b14-12-,20-18-,29-26-. The molecule has 6 unspecified atom stereocenters. The van der Waals surface area contributed by atoms with E-state index in [4.69, 9.17) is 18.9 Å². The molecule has 404 valence electrons. The van der Waals surface area contributed by atoms with E-state index in [9.17, 15) is 37.9 Å². The first-order valence-corrected chi connectivity index (χ1v) is 29.7. The second-order valence-electron chi connectivity index (χ2n) is 19.6. The number of ether oxygens (including phenoxy) is 4. The quantitative estimate of drug-likeness (QED) is 0.0196. The molecule has 0 spiro atoms. The van der Waals surface area contributed by atoms with Gasteiger partial charge < -0.3 is 34.3 Å². The zero-order valence-corrected chi connectivity index (χ0v) is 44.5. The van der Waals surface area contributed by atoms with Crippen LogP contribution in [0.15, 0.2) is 36.5 Å². The molecule has 0 saturated carbocycles. The Balaban J connectivity index is 2.33. The summed E-state index contributed by atoms with van der Waals surface area (Å²) < 4.78 is 54.3. The van der Waals surface area contributed by atoms with E-state index in [-0.39, 0.29) is 19.4 Å². The predicted molar refractivity (Wildman–Crippen MR) is 279 cm³/mol. The van der Waals surface area contributed by atoms with Crippen LogP contribution in [0.3, 0.4) is 0 Å². The van der Waals surface area contributed by atoms with E-state index in [1.165, 1.54) is 141 Å². The van der Waals surface area contributed by atoms with E-state index in [1.54, 1.807) is 0 Å². The van der Waals surface area contributed by atoms with Crippen molar-refractivity contribution >= 4 is 22.1 Å². The van der Waals surface area contributed by atoms with Gasteiger partial charge in [0.25, 0.3) is 10.1 Å². The maximum Gasteiger partial charge on any atom is 0.306 e. The van der Waals surface area contributed by atoms with Gasteiger partial charge >= 0.3 is 11.9 Å². The van der Waals surface area contributed by atoms with Crippen LogP contribution in [0.1, 0.15) is 251 Å². The number of allylic oxidation sites excluding steroid dienone is 6. The van der Waals surface area contributed by atoms with E-state index in [2.05, 4.69) is 50.3 Å². The van der Waals surface area contributed by atoms with Crippen molar-refractivity contribution in [1.82, 2.24) is 0 Å². The number of unbranched alkanes of at least 4 members (excludes halogenated alkanes) is 30. The van der Waals surface area contributed by atoms with Crippen LogP contribution in [0.25, 0.3) is 0 Å². The number of aliphatic hydroxyl groups is 3. The normalized spacial score (nSPS) is 19.3. The van der Waals surface area contributed by atoms with E-state index in [0.717, 1.165) is 70.6 Å². The fraction of sp³-hybridized carbons (Fsp3) is 0.857. The molecule has 13 heteroatoms. The zero-order valence-electron chi connectivity index (χ0n) is 43.7. The Morgan fingerprint density at radius 3 is 1.32 bits per heavy atom. The van der Waals surface area contributed by atoms with Gasteiger partial charge in [0.2, 0.25) is 0 Å². The number of carbonyl (C=O) groups is 2. The first kappa shape index (κ1) is 64.9. The Morgan fingerprint density at radius 2 is 0.870 bits per heavy atom. The minimum absolute atomic E-state index is 0.152. The van der Waals surface area contributed by atoms with Crippen molar-refractivity contribution in [3.05, 3.63) is 36.5 Å². The lowest BCUT2D eigenvalue weighted by molar-refractivity contribution is -0.297. The maximum atomic E-state index is 12.9. The molecule has 0 amide bonds. The Labute approximate surface area is 421 Å². The Morgan fingerprint density at radius 1 is 0.493 bits per heavy atom. The van der Waals surface area contributed by atoms with Crippen LogP contribution in [0.2, 0.25) is 0 Å². The molecule has 1 heterocycles. The second kappa shape index (κ2) is 45.7. The van der Waals surface area contributed by atoms with Crippen molar-refractivity contribution < 1.29 is 56.8 Å². The highest BCUT2D eigenvalue weighted by Crippen LogP contribution is 2.24. The summed E-state index contributed by atoms with van der Waals surface area (Å²) in [5.41, 5.74) is 0. The molecule has 0 aromatic carbocycles. The van der Waals surface area contributed by atoms with Gasteiger partial charge in [0.1, 0.15) is 36.8 Å². The Hall–Kier alpha value is -2.13. The average Bonchev–Trinajstić information content (AvgIpc) is 3.32. The highest BCUT2D eigenvalue weighted by molar-refractivity contribution is 7.85. The van der Waals surface area contributed by atoms with Crippen LogP contribution in [0.5, 0.6) is 0 Å². The van der Waals surface area contributed by atoms with E-state index in [1.807, 2.05) is 0 Å². The van der Waals surface area contributed by atoms with Crippen LogP contribution >= 0.6 is 0 Å². The molecule has 0 radical (unpaired) electrons. The molecule has 6 atom stereocenters. The smallest absolute Gasteiger partial charge is 0.306 e. The lowest BCUT2D eigenvalue weighted by Gasteiger charge is -2.40. The molecule has 4 N–H and O–H groups in total. The number of hydrogen-bond acceptors (Lipinski definition) is 11. The highest BCUT2D eigenvalue weighted by Gasteiger charge is 2.46. The van der Waals surface area contributed by atoms with Crippen LogP contribution in [0, 0.1) is 0 Å². The van der Waals surface area contributed by atoms with Gasteiger partial charge in [-0.25, -0.2) is 0 Å². The number of carbonyl (C=O) groups excluding carboxylic acids is 2. The molecule has 1 saturated heterocycles. The summed E-state index contributed by atoms with van der Waals surface area (Å²) in [4.78, 5) is 25.6. The fourth-order valence-corrected chi connectivity index (χ4v) is 9.32. The molecule has 12 nitrogen and oxygen atoms in total. The summed E-state index contributed by atoms with van der Waals surface area (Å²) >= 11 is 0. The molecule has 1 fully saturated rings. The predicted octanol–water partition coefficient (Wildman–Crippen LogP) is 13.3. The topological polar surface area (TPSA) is 186 Å². The minimum atomic E-state index is -4.61. The van der Waals surface area contributed by atoms with Crippen LogP contribution < -0.4 is 0 Å².